The van der Waals surface area contributed by atoms with Crippen LogP contribution in [0.25, 0.3) is 11.0 Å². The summed E-state index contributed by atoms with van der Waals surface area (Å²) in [6.45, 7) is 8.74. The van der Waals surface area contributed by atoms with E-state index in [0.717, 1.165) is 0 Å². The van der Waals surface area contributed by atoms with Gasteiger partial charge in [-0.15, -0.1) is 0 Å². The molecule has 0 spiro atoms. The average molecular weight is 366 g/mol. The van der Waals surface area contributed by atoms with Crippen molar-refractivity contribution < 1.29 is 14.3 Å². The maximum atomic E-state index is 12.4. The van der Waals surface area contributed by atoms with Crippen molar-refractivity contribution in [3.63, 3.8) is 0 Å². The van der Waals surface area contributed by atoms with Crippen molar-refractivity contribution in [3.05, 3.63) is 42.6 Å². The molecule has 1 fully saturated rings. The highest BCUT2D eigenvalue weighted by molar-refractivity contribution is 5.85. The highest BCUT2D eigenvalue weighted by Crippen LogP contribution is 2.29. The van der Waals surface area contributed by atoms with E-state index in [-0.39, 0.29) is 18.8 Å². The summed E-state index contributed by atoms with van der Waals surface area (Å²) in [6, 6.07) is 9.42. The minimum atomic E-state index is -1.16. The number of rotatable bonds is 5. The number of hydrogen-bond donors (Lipinski definition) is 0. The van der Waals surface area contributed by atoms with Crippen molar-refractivity contribution in [2.24, 2.45) is 0 Å². The van der Waals surface area contributed by atoms with Crippen molar-refractivity contribution in [2.45, 2.75) is 32.0 Å². The van der Waals surface area contributed by atoms with Crippen LogP contribution in [0, 0.1) is 11.3 Å². The molecule has 0 bridgehead atoms. The Labute approximate surface area is 158 Å². The third-order valence-electron chi connectivity index (χ3n) is 4.28. The van der Waals surface area contributed by atoms with Crippen LogP contribution in [0.2, 0.25) is 0 Å². The molecule has 0 unspecified atom stereocenters. The van der Waals surface area contributed by atoms with E-state index >= 15 is 0 Å². The molecule has 3 rings (SSSR count). The van der Waals surface area contributed by atoms with Gasteiger partial charge in [0.2, 0.25) is 0 Å². The topological polar surface area (TPSA) is 88.3 Å². The Morgan fingerprint density at radius 3 is 2.59 bits per heavy atom. The lowest BCUT2D eigenvalue weighted by molar-refractivity contribution is -0.142. The van der Waals surface area contributed by atoms with E-state index in [1.807, 2.05) is 49.1 Å². The molecule has 1 aromatic carbocycles. The van der Waals surface area contributed by atoms with Gasteiger partial charge in [-0.3, -0.25) is 4.79 Å². The fourth-order valence-corrected chi connectivity index (χ4v) is 3.23. The number of benzene rings is 1. The van der Waals surface area contributed by atoms with Crippen LogP contribution in [-0.4, -0.2) is 47.8 Å². The normalized spacial score (nSPS) is 20.7. The zero-order chi connectivity index (χ0) is 19.4. The molecule has 27 heavy (non-hydrogen) atoms. The summed E-state index contributed by atoms with van der Waals surface area (Å²) in [4.78, 5) is 23.8. The van der Waals surface area contributed by atoms with Gasteiger partial charge in [0.1, 0.15) is 12.3 Å². The number of fused-ring (bicyclic) bond motifs is 1. The number of hydrogen-bond acceptors (Lipinski definition) is 7. The van der Waals surface area contributed by atoms with Gasteiger partial charge < -0.3 is 14.4 Å². The van der Waals surface area contributed by atoms with E-state index in [0.29, 0.717) is 35.6 Å². The van der Waals surface area contributed by atoms with Crippen LogP contribution in [0.15, 0.2) is 36.9 Å². The molecule has 3 atom stereocenters. The first-order chi connectivity index (χ1) is 13.0. The quantitative estimate of drug-likeness (QED) is 0.593. The first-order valence-corrected chi connectivity index (χ1v) is 8.87. The van der Waals surface area contributed by atoms with Crippen LogP contribution < -0.4 is 4.90 Å². The fraction of sp³-hybridized carbons (Fsp3) is 0.400. The van der Waals surface area contributed by atoms with Gasteiger partial charge in [-0.05, 0) is 26.0 Å². The molecule has 0 amide bonds. The Bertz CT molecular complexity index is 882. The first-order valence-electron chi connectivity index (χ1n) is 8.87. The second-order valence-corrected chi connectivity index (χ2v) is 6.56. The largest absolute Gasteiger partial charge is 0.460 e. The van der Waals surface area contributed by atoms with Crippen LogP contribution in [0.5, 0.6) is 0 Å². The molecule has 0 aliphatic carbocycles. The Kier molecular flexibility index (Phi) is 5.67. The molecule has 0 N–H and O–H groups in total. The van der Waals surface area contributed by atoms with Gasteiger partial charge in [0, 0.05) is 13.1 Å². The third kappa shape index (κ3) is 4.07. The molecular weight excluding hydrogens is 344 g/mol. The van der Waals surface area contributed by atoms with Crippen LogP contribution in [0.4, 0.5) is 5.82 Å². The predicted octanol–water partition coefficient (Wildman–Crippen LogP) is 2.58. The summed E-state index contributed by atoms with van der Waals surface area (Å²) in [6.07, 6.45) is 1.47. The molecule has 7 nitrogen and oxygen atoms in total. The zero-order valence-electron chi connectivity index (χ0n) is 15.5. The number of aromatic nitrogens is 2. The van der Waals surface area contributed by atoms with E-state index in [1.54, 1.807) is 0 Å². The number of morpholine rings is 1. The van der Waals surface area contributed by atoms with Gasteiger partial charge in [0.25, 0.3) is 0 Å². The summed E-state index contributed by atoms with van der Waals surface area (Å²) >= 11 is 0. The minimum Gasteiger partial charge on any atom is -0.460 e. The van der Waals surface area contributed by atoms with Gasteiger partial charge in [-0.2, -0.15) is 5.26 Å². The predicted molar refractivity (Wildman–Crippen MR) is 101 cm³/mol. The lowest BCUT2D eigenvalue weighted by Gasteiger charge is -2.37. The van der Waals surface area contributed by atoms with Gasteiger partial charge in [0.05, 0.1) is 29.3 Å². The smallest absolute Gasteiger partial charge is 0.330 e. The fourth-order valence-electron chi connectivity index (χ4n) is 3.23. The van der Waals surface area contributed by atoms with Crippen molar-refractivity contribution in [3.8, 4) is 6.07 Å². The van der Waals surface area contributed by atoms with Crippen LogP contribution >= 0.6 is 0 Å². The maximum absolute atomic E-state index is 12.4. The van der Waals surface area contributed by atoms with Crippen molar-refractivity contribution >= 4 is 22.8 Å². The minimum absolute atomic E-state index is 0.00289. The number of esters is 1. The van der Waals surface area contributed by atoms with Crippen LogP contribution in [0.3, 0.4) is 0 Å². The SMILES string of the molecule is C=CCOC(=O)[C@@H](C#N)c1nc2ccccc2nc1N1C[C@@H](C)O[C@H](C)C1. The molecule has 1 aliphatic rings. The van der Waals surface area contributed by atoms with Gasteiger partial charge >= 0.3 is 5.97 Å². The van der Waals surface area contributed by atoms with Crippen LogP contribution in [-0.2, 0) is 14.3 Å². The maximum Gasteiger partial charge on any atom is 0.330 e. The second kappa shape index (κ2) is 8.14. The van der Waals surface area contributed by atoms with Gasteiger partial charge in [-0.25, -0.2) is 9.97 Å². The third-order valence-corrected chi connectivity index (χ3v) is 4.28. The number of nitriles is 1. The molecule has 2 heterocycles. The summed E-state index contributed by atoms with van der Waals surface area (Å²) in [5.74, 6) is -1.29. The molecule has 0 saturated carbocycles. The highest BCUT2D eigenvalue weighted by atomic mass is 16.5. The lowest BCUT2D eigenvalue weighted by Crippen LogP contribution is -2.46. The highest BCUT2D eigenvalue weighted by Gasteiger charge is 2.32. The molecule has 1 saturated heterocycles. The summed E-state index contributed by atoms with van der Waals surface area (Å²) in [5.41, 5.74) is 1.65. The number of carbonyl (C=O) groups excluding carboxylic acids is 1. The average Bonchev–Trinajstić information content (AvgIpc) is 2.65. The van der Waals surface area contributed by atoms with Crippen LogP contribution in [0.1, 0.15) is 25.5 Å². The van der Waals surface area contributed by atoms with Crippen molar-refractivity contribution in [2.75, 3.05) is 24.6 Å². The standard InChI is InChI=1S/C20H22N4O3/c1-4-9-26-20(25)15(10-21)18-19(24-11-13(2)27-14(3)12-24)23-17-8-6-5-7-16(17)22-18/h4-8,13-15H,1,9,11-12H2,2-3H3/t13-,14-,15+/m1/s1. The molecular formula is C20H22N4O3. The number of para-hydroxylation sites is 2. The summed E-state index contributed by atoms with van der Waals surface area (Å²) < 4.78 is 10.9. The van der Waals surface area contributed by atoms with E-state index in [2.05, 4.69) is 11.6 Å². The van der Waals surface area contributed by atoms with E-state index < -0.39 is 11.9 Å². The molecule has 0 radical (unpaired) electrons. The first kappa shape index (κ1) is 18.8. The summed E-state index contributed by atoms with van der Waals surface area (Å²) in [7, 11) is 0. The number of nitrogens with zero attached hydrogens (tertiary/aromatic N) is 4. The Morgan fingerprint density at radius 2 is 2.00 bits per heavy atom. The van der Waals surface area contributed by atoms with Gasteiger partial charge in [0.15, 0.2) is 11.7 Å². The van der Waals surface area contributed by atoms with Gasteiger partial charge in [-0.1, -0.05) is 24.8 Å². The van der Waals surface area contributed by atoms with E-state index in [9.17, 15) is 10.1 Å². The second-order valence-electron chi connectivity index (χ2n) is 6.56. The Hall–Kier alpha value is -2.98. The molecule has 1 aliphatic heterocycles. The van der Waals surface area contributed by atoms with Crippen molar-refractivity contribution in [1.82, 2.24) is 9.97 Å². The Morgan fingerprint density at radius 1 is 1.37 bits per heavy atom. The summed E-state index contributed by atoms with van der Waals surface area (Å²) in [5, 5.41) is 9.66. The van der Waals surface area contributed by atoms with E-state index in [1.165, 1.54) is 6.08 Å². The molecule has 7 heteroatoms. The lowest BCUT2D eigenvalue weighted by atomic mass is 10.1. The Balaban J connectivity index is 2.09. The molecule has 2 aromatic rings. The number of ether oxygens (including phenoxy) is 2. The molecule has 140 valence electrons. The van der Waals surface area contributed by atoms with Crippen molar-refractivity contribution in [1.29, 1.82) is 5.26 Å². The molecule has 1 aromatic heterocycles. The van der Waals surface area contributed by atoms with E-state index in [4.69, 9.17) is 14.5 Å². The number of anilines is 1. The monoisotopic (exact) mass is 366 g/mol. The zero-order valence-corrected chi connectivity index (χ0v) is 15.5. The number of carbonyl (C=O) groups is 1.